The molecular formula is C13H22N4O. The van der Waals surface area contributed by atoms with E-state index in [2.05, 4.69) is 34.0 Å². The number of aromatic nitrogens is 2. The summed E-state index contributed by atoms with van der Waals surface area (Å²) in [4.78, 5) is 11.4. The average Bonchev–Trinajstić information content (AvgIpc) is 2.32. The van der Waals surface area contributed by atoms with Crippen molar-refractivity contribution in [2.45, 2.75) is 39.5 Å². The molecule has 0 spiro atoms. The number of ether oxygens (including phenoxy) is 1. The summed E-state index contributed by atoms with van der Waals surface area (Å²) in [5.74, 6) is 0.822. The van der Waals surface area contributed by atoms with Gasteiger partial charge in [0.05, 0.1) is 24.4 Å². The number of nitrogens with zero attached hydrogens (tertiary/aromatic N) is 3. The highest BCUT2D eigenvalue weighted by molar-refractivity contribution is 5.34. The van der Waals surface area contributed by atoms with Gasteiger partial charge in [0.2, 0.25) is 5.95 Å². The molecule has 0 radical (unpaired) electrons. The van der Waals surface area contributed by atoms with E-state index in [1.165, 1.54) is 0 Å². The highest BCUT2D eigenvalue weighted by Crippen LogP contribution is 2.18. The van der Waals surface area contributed by atoms with E-state index in [0.29, 0.717) is 6.04 Å². The Labute approximate surface area is 109 Å². The Hall–Kier alpha value is -1.20. The first-order chi connectivity index (χ1) is 8.60. The molecule has 2 heterocycles. The highest BCUT2D eigenvalue weighted by Gasteiger charge is 2.25. The van der Waals surface area contributed by atoms with Crippen molar-refractivity contribution in [2.75, 3.05) is 25.1 Å². The molecule has 1 aliphatic rings. The van der Waals surface area contributed by atoms with E-state index in [9.17, 15) is 0 Å². The monoisotopic (exact) mass is 250 g/mol. The van der Waals surface area contributed by atoms with Gasteiger partial charge in [-0.1, -0.05) is 0 Å². The first kappa shape index (κ1) is 13.2. The van der Waals surface area contributed by atoms with Gasteiger partial charge in [0.15, 0.2) is 0 Å². The van der Waals surface area contributed by atoms with Crippen LogP contribution in [0.25, 0.3) is 0 Å². The van der Waals surface area contributed by atoms with Gasteiger partial charge >= 0.3 is 0 Å². The number of morpholine rings is 1. The van der Waals surface area contributed by atoms with Crippen LogP contribution in [0.2, 0.25) is 0 Å². The third-order valence-electron chi connectivity index (χ3n) is 3.12. The summed E-state index contributed by atoms with van der Waals surface area (Å²) in [5.41, 5.74) is 2.04. The molecule has 1 aromatic heterocycles. The zero-order chi connectivity index (χ0) is 13.1. The maximum Gasteiger partial charge on any atom is 0.226 e. The largest absolute Gasteiger partial charge is 0.375 e. The molecule has 0 bridgehead atoms. The van der Waals surface area contributed by atoms with Crippen LogP contribution in [-0.4, -0.2) is 42.3 Å². The lowest BCUT2D eigenvalue weighted by molar-refractivity contribution is 0.0336. The second-order valence-electron chi connectivity index (χ2n) is 4.98. The minimum atomic E-state index is 0.234. The molecule has 2 unspecified atom stereocenters. The summed E-state index contributed by atoms with van der Waals surface area (Å²) in [6.45, 7) is 8.60. The van der Waals surface area contributed by atoms with Crippen LogP contribution in [0.3, 0.4) is 0 Å². The number of nitrogens with one attached hydrogen (secondary N) is 1. The third kappa shape index (κ3) is 2.97. The van der Waals surface area contributed by atoms with Gasteiger partial charge in [-0.05, 0) is 33.9 Å². The minimum Gasteiger partial charge on any atom is -0.375 e. The second-order valence-corrected chi connectivity index (χ2v) is 4.98. The van der Waals surface area contributed by atoms with Gasteiger partial charge in [-0.25, -0.2) is 9.97 Å². The number of hydrogen-bond donors (Lipinski definition) is 1. The fourth-order valence-corrected chi connectivity index (χ4v) is 2.20. The lowest BCUT2D eigenvalue weighted by atomic mass is 10.2. The topological polar surface area (TPSA) is 50.3 Å². The zero-order valence-corrected chi connectivity index (χ0v) is 11.6. The van der Waals surface area contributed by atoms with Crippen molar-refractivity contribution in [1.82, 2.24) is 15.3 Å². The summed E-state index contributed by atoms with van der Waals surface area (Å²) < 4.78 is 5.64. The van der Waals surface area contributed by atoms with Gasteiger partial charge in [-0.15, -0.1) is 0 Å². The Bertz CT molecular complexity index is 410. The van der Waals surface area contributed by atoms with Crippen LogP contribution < -0.4 is 10.2 Å². The number of aryl methyl sites for hydroxylation is 1. The van der Waals surface area contributed by atoms with Crippen molar-refractivity contribution in [2.24, 2.45) is 0 Å². The quantitative estimate of drug-likeness (QED) is 0.871. The van der Waals surface area contributed by atoms with Gasteiger partial charge in [-0.2, -0.15) is 0 Å². The second kappa shape index (κ2) is 5.63. The first-order valence-electron chi connectivity index (χ1n) is 6.47. The molecule has 0 aliphatic carbocycles. The van der Waals surface area contributed by atoms with Gasteiger partial charge in [0.1, 0.15) is 0 Å². The molecule has 1 aromatic rings. The molecule has 1 saturated heterocycles. The van der Waals surface area contributed by atoms with Crippen molar-refractivity contribution >= 4 is 5.95 Å². The van der Waals surface area contributed by atoms with E-state index < -0.39 is 0 Å². The summed E-state index contributed by atoms with van der Waals surface area (Å²) in [6.07, 6.45) is 0.234. The third-order valence-corrected chi connectivity index (χ3v) is 3.12. The molecule has 0 saturated carbocycles. The Morgan fingerprint density at radius 2 is 2.22 bits per heavy atom. The maximum atomic E-state index is 5.64. The van der Waals surface area contributed by atoms with Crippen LogP contribution in [0.15, 0.2) is 6.07 Å². The molecule has 1 fully saturated rings. The van der Waals surface area contributed by atoms with E-state index in [1.54, 1.807) is 0 Å². The van der Waals surface area contributed by atoms with Crippen LogP contribution in [-0.2, 0) is 11.3 Å². The highest BCUT2D eigenvalue weighted by atomic mass is 16.5. The molecule has 2 atom stereocenters. The van der Waals surface area contributed by atoms with Crippen molar-refractivity contribution in [3.05, 3.63) is 17.5 Å². The van der Waals surface area contributed by atoms with Gasteiger partial charge in [0.25, 0.3) is 0 Å². The Balaban J connectivity index is 2.25. The van der Waals surface area contributed by atoms with Crippen molar-refractivity contribution in [1.29, 1.82) is 0 Å². The van der Waals surface area contributed by atoms with Crippen LogP contribution in [0, 0.1) is 6.92 Å². The van der Waals surface area contributed by atoms with E-state index in [-0.39, 0.29) is 6.10 Å². The predicted octanol–water partition coefficient (Wildman–Crippen LogP) is 1.12. The lowest BCUT2D eigenvalue weighted by Gasteiger charge is -2.37. The molecule has 2 rings (SSSR count). The number of anilines is 1. The fraction of sp³-hybridized carbons (Fsp3) is 0.692. The van der Waals surface area contributed by atoms with E-state index in [0.717, 1.165) is 37.0 Å². The summed E-state index contributed by atoms with van der Waals surface area (Å²) >= 11 is 0. The van der Waals surface area contributed by atoms with Gasteiger partial charge < -0.3 is 15.0 Å². The molecule has 5 heteroatoms. The van der Waals surface area contributed by atoms with Crippen molar-refractivity contribution < 1.29 is 4.74 Å². The maximum absolute atomic E-state index is 5.64. The van der Waals surface area contributed by atoms with Crippen molar-refractivity contribution in [3.8, 4) is 0 Å². The standard InChI is InChI=1S/C13H22N4O/c1-9-5-12(6-14-4)16-13(15-9)17-7-11(3)18-8-10(17)2/h5,10-11,14H,6-8H2,1-4H3. The van der Waals surface area contributed by atoms with E-state index >= 15 is 0 Å². The average molecular weight is 250 g/mol. The minimum absolute atomic E-state index is 0.234. The van der Waals surface area contributed by atoms with Crippen LogP contribution in [0.4, 0.5) is 5.95 Å². The molecule has 0 amide bonds. The lowest BCUT2D eigenvalue weighted by Crippen LogP contribution is -2.48. The van der Waals surface area contributed by atoms with Crippen LogP contribution in [0.5, 0.6) is 0 Å². The Morgan fingerprint density at radius 1 is 1.44 bits per heavy atom. The molecule has 5 nitrogen and oxygen atoms in total. The number of rotatable bonds is 3. The van der Waals surface area contributed by atoms with Crippen LogP contribution >= 0.6 is 0 Å². The molecule has 1 N–H and O–H groups in total. The Morgan fingerprint density at radius 3 is 2.94 bits per heavy atom. The normalized spacial score (nSPS) is 24.3. The smallest absolute Gasteiger partial charge is 0.226 e. The van der Waals surface area contributed by atoms with E-state index in [4.69, 9.17) is 4.74 Å². The molecule has 0 aromatic carbocycles. The predicted molar refractivity (Wildman–Crippen MR) is 71.8 cm³/mol. The zero-order valence-electron chi connectivity index (χ0n) is 11.6. The van der Waals surface area contributed by atoms with Gasteiger partial charge in [0, 0.05) is 18.8 Å². The first-order valence-corrected chi connectivity index (χ1v) is 6.47. The number of hydrogen-bond acceptors (Lipinski definition) is 5. The molecule has 100 valence electrons. The molecule has 1 aliphatic heterocycles. The van der Waals surface area contributed by atoms with Gasteiger partial charge in [-0.3, -0.25) is 0 Å². The fourth-order valence-electron chi connectivity index (χ4n) is 2.20. The summed E-state index contributed by atoms with van der Waals surface area (Å²) in [7, 11) is 1.93. The molecule has 18 heavy (non-hydrogen) atoms. The Kier molecular flexibility index (Phi) is 4.14. The van der Waals surface area contributed by atoms with Crippen LogP contribution in [0.1, 0.15) is 25.2 Å². The summed E-state index contributed by atoms with van der Waals surface area (Å²) in [5, 5.41) is 3.13. The van der Waals surface area contributed by atoms with E-state index in [1.807, 2.05) is 20.0 Å². The molecular weight excluding hydrogens is 228 g/mol. The summed E-state index contributed by atoms with van der Waals surface area (Å²) in [6, 6.07) is 2.35. The SMILES string of the molecule is CNCc1cc(C)nc(N2CC(C)OCC2C)n1. The van der Waals surface area contributed by atoms with Crippen molar-refractivity contribution in [3.63, 3.8) is 0 Å².